The second-order valence-electron chi connectivity index (χ2n) is 14.3. The summed E-state index contributed by atoms with van der Waals surface area (Å²) in [4.78, 5) is 4.82. The summed E-state index contributed by atoms with van der Waals surface area (Å²) in [6.07, 6.45) is 0. The van der Waals surface area contributed by atoms with E-state index in [1.807, 2.05) is 0 Å². The Balaban J connectivity index is 1.14. The van der Waals surface area contributed by atoms with Gasteiger partial charge in [-0.1, -0.05) is 135 Å². The van der Waals surface area contributed by atoms with Crippen LogP contribution in [0, 0.1) is 6.92 Å². The summed E-state index contributed by atoms with van der Waals surface area (Å²) >= 11 is 0. The van der Waals surface area contributed by atoms with Crippen LogP contribution in [-0.2, 0) is 5.41 Å². The van der Waals surface area contributed by atoms with E-state index in [4.69, 9.17) is 4.74 Å². The molecule has 0 bridgehead atoms. The third kappa shape index (κ3) is 4.44. The van der Waals surface area contributed by atoms with Crippen molar-refractivity contribution >= 4 is 55.7 Å². The molecule has 0 spiro atoms. The van der Waals surface area contributed by atoms with E-state index in [2.05, 4.69) is 194 Å². The summed E-state index contributed by atoms with van der Waals surface area (Å²) in [6, 6.07) is 59.2. The molecule has 51 heavy (non-hydrogen) atoms. The van der Waals surface area contributed by atoms with Crippen LogP contribution in [0.1, 0.15) is 30.5 Å². The Morgan fingerprint density at radius 2 is 1.25 bits per heavy atom. The molecule has 0 saturated heterocycles. The molecule has 3 heteroatoms. The monoisotopic (exact) mass is 656 g/mol. The molecule has 0 unspecified atom stereocenters. The predicted molar refractivity (Wildman–Crippen MR) is 213 cm³/mol. The molecule has 0 atom stereocenters. The van der Waals surface area contributed by atoms with Crippen LogP contribution < -0.4 is 14.5 Å². The molecule has 244 valence electrons. The van der Waals surface area contributed by atoms with Gasteiger partial charge in [0.05, 0.1) is 22.7 Å². The highest BCUT2D eigenvalue weighted by Crippen LogP contribution is 2.62. The van der Waals surface area contributed by atoms with Crippen LogP contribution in [0.3, 0.4) is 0 Å². The van der Waals surface area contributed by atoms with Crippen molar-refractivity contribution in [2.45, 2.75) is 26.2 Å². The SMILES string of the molecule is Cc1cccc2c1N1c3ccccc3C(C)(C)c3ccc(-c4ccc(N(c5ccc6ccccc6c5)c5cccc6ccccc56)cc4)c(c31)O2. The first-order chi connectivity index (χ1) is 25.0. The molecule has 3 nitrogen and oxygen atoms in total. The second-order valence-corrected chi connectivity index (χ2v) is 14.3. The van der Waals surface area contributed by atoms with E-state index in [0.717, 1.165) is 51.1 Å². The molecule has 0 aliphatic carbocycles. The summed E-state index contributed by atoms with van der Waals surface area (Å²) in [6.45, 7) is 6.83. The number of nitrogens with zero attached hydrogens (tertiary/aromatic N) is 2. The Hall–Kier alpha value is -6.32. The summed E-state index contributed by atoms with van der Waals surface area (Å²) in [5, 5.41) is 4.87. The number of anilines is 6. The Labute approximate surface area is 298 Å². The number of aryl methyl sites for hydroxylation is 1. The first-order valence-corrected chi connectivity index (χ1v) is 17.7. The predicted octanol–water partition coefficient (Wildman–Crippen LogP) is 13.7. The first kappa shape index (κ1) is 29.6. The average Bonchev–Trinajstić information content (AvgIpc) is 3.17. The largest absolute Gasteiger partial charge is 0.452 e. The minimum atomic E-state index is -0.193. The fraction of sp³-hybridized carbons (Fsp3) is 0.0833. The van der Waals surface area contributed by atoms with Gasteiger partial charge in [0.15, 0.2) is 11.5 Å². The molecule has 0 aromatic heterocycles. The van der Waals surface area contributed by atoms with Crippen molar-refractivity contribution in [2.24, 2.45) is 0 Å². The maximum absolute atomic E-state index is 6.95. The summed E-state index contributed by atoms with van der Waals surface area (Å²) in [5.74, 6) is 1.78. The van der Waals surface area contributed by atoms with Crippen LogP contribution in [-0.4, -0.2) is 0 Å². The highest BCUT2D eigenvalue weighted by Gasteiger charge is 2.42. The molecule has 0 N–H and O–H groups in total. The Bertz CT molecular complexity index is 2670. The van der Waals surface area contributed by atoms with Crippen LogP contribution in [0.5, 0.6) is 11.5 Å². The van der Waals surface area contributed by atoms with E-state index in [0.29, 0.717) is 0 Å². The summed E-state index contributed by atoms with van der Waals surface area (Å²) in [7, 11) is 0. The Kier molecular flexibility index (Phi) is 6.44. The van der Waals surface area contributed by atoms with Crippen LogP contribution in [0.4, 0.5) is 34.1 Å². The van der Waals surface area contributed by atoms with Crippen LogP contribution >= 0.6 is 0 Å². The van der Waals surface area contributed by atoms with Crippen molar-refractivity contribution in [3.8, 4) is 22.6 Å². The molecule has 0 fully saturated rings. The topological polar surface area (TPSA) is 15.7 Å². The standard InChI is InChI=1S/C48H36N2O/c1-31-12-10-21-44-45(31)50-43-19-9-8-18-40(43)48(2,3)41-29-28-39(47(51-44)46(41)50)34-23-25-36(26-24-34)49(37-27-22-32-13-4-5-15-35(32)30-37)42-20-11-16-33-14-6-7-17-38(33)42/h4-30H,1-3H3. The Morgan fingerprint density at radius 1 is 0.549 bits per heavy atom. The van der Waals surface area contributed by atoms with E-state index in [9.17, 15) is 0 Å². The lowest BCUT2D eigenvalue weighted by atomic mass is 9.72. The number of hydrogen-bond acceptors (Lipinski definition) is 3. The molecule has 2 heterocycles. The van der Waals surface area contributed by atoms with E-state index in [1.165, 1.54) is 43.9 Å². The quantitative estimate of drug-likeness (QED) is 0.187. The van der Waals surface area contributed by atoms with Gasteiger partial charge in [0.2, 0.25) is 0 Å². The van der Waals surface area contributed by atoms with Crippen molar-refractivity contribution in [1.29, 1.82) is 0 Å². The molecule has 8 aromatic rings. The van der Waals surface area contributed by atoms with E-state index >= 15 is 0 Å². The first-order valence-electron chi connectivity index (χ1n) is 17.7. The van der Waals surface area contributed by atoms with Gasteiger partial charge in [0.25, 0.3) is 0 Å². The smallest absolute Gasteiger partial charge is 0.159 e. The van der Waals surface area contributed by atoms with Gasteiger partial charge in [0, 0.05) is 27.7 Å². The highest BCUT2D eigenvalue weighted by atomic mass is 16.5. The molecular weight excluding hydrogens is 621 g/mol. The highest BCUT2D eigenvalue weighted by molar-refractivity contribution is 6.01. The molecule has 0 radical (unpaired) electrons. The van der Waals surface area contributed by atoms with Gasteiger partial charge in [-0.05, 0) is 87.8 Å². The lowest BCUT2D eigenvalue weighted by Gasteiger charge is -2.45. The third-order valence-corrected chi connectivity index (χ3v) is 10.9. The number of fused-ring (bicyclic) bond motifs is 6. The van der Waals surface area contributed by atoms with Crippen molar-refractivity contribution in [3.05, 3.63) is 180 Å². The van der Waals surface area contributed by atoms with Gasteiger partial charge in [0.1, 0.15) is 0 Å². The van der Waals surface area contributed by atoms with Crippen LogP contribution in [0.25, 0.3) is 32.7 Å². The van der Waals surface area contributed by atoms with Crippen molar-refractivity contribution in [2.75, 3.05) is 9.80 Å². The zero-order valence-corrected chi connectivity index (χ0v) is 28.9. The molecule has 0 amide bonds. The van der Waals surface area contributed by atoms with Crippen molar-refractivity contribution < 1.29 is 4.74 Å². The normalized spacial score (nSPS) is 13.7. The molecule has 8 aromatic carbocycles. The number of rotatable bonds is 4. The minimum absolute atomic E-state index is 0.193. The zero-order chi connectivity index (χ0) is 34.3. The number of para-hydroxylation sites is 2. The molecule has 10 rings (SSSR count). The third-order valence-electron chi connectivity index (χ3n) is 10.9. The molecule has 2 aliphatic rings. The summed E-state index contributed by atoms with van der Waals surface area (Å²) in [5.41, 5.74) is 12.6. The fourth-order valence-corrected chi connectivity index (χ4v) is 8.37. The lowest BCUT2D eigenvalue weighted by Crippen LogP contribution is -2.32. The number of ether oxygens (including phenoxy) is 1. The second kappa shape index (κ2) is 11.1. The lowest BCUT2D eigenvalue weighted by molar-refractivity contribution is 0.472. The van der Waals surface area contributed by atoms with Crippen molar-refractivity contribution in [1.82, 2.24) is 0 Å². The van der Waals surface area contributed by atoms with Gasteiger partial charge in [-0.3, -0.25) is 0 Å². The number of hydrogen-bond donors (Lipinski definition) is 0. The van der Waals surface area contributed by atoms with E-state index in [-0.39, 0.29) is 5.41 Å². The maximum Gasteiger partial charge on any atom is 0.159 e. The Morgan fingerprint density at radius 3 is 2.12 bits per heavy atom. The van der Waals surface area contributed by atoms with Crippen LogP contribution in [0.15, 0.2) is 164 Å². The van der Waals surface area contributed by atoms with Crippen molar-refractivity contribution in [3.63, 3.8) is 0 Å². The average molecular weight is 657 g/mol. The molecule has 0 saturated carbocycles. The van der Waals surface area contributed by atoms with Gasteiger partial charge in [-0.25, -0.2) is 0 Å². The fourth-order valence-electron chi connectivity index (χ4n) is 8.37. The van der Waals surface area contributed by atoms with Gasteiger partial charge in [-0.15, -0.1) is 0 Å². The molecular formula is C48H36N2O. The van der Waals surface area contributed by atoms with Gasteiger partial charge in [-0.2, -0.15) is 0 Å². The maximum atomic E-state index is 6.95. The van der Waals surface area contributed by atoms with Gasteiger partial charge >= 0.3 is 0 Å². The zero-order valence-electron chi connectivity index (χ0n) is 28.9. The van der Waals surface area contributed by atoms with E-state index in [1.54, 1.807) is 0 Å². The molecule has 2 aliphatic heterocycles. The minimum Gasteiger partial charge on any atom is -0.452 e. The van der Waals surface area contributed by atoms with Crippen LogP contribution in [0.2, 0.25) is 0 Å². The number of benzene rings is 8. The van der Waals surface area contributed by atoms with E-state index < -0.39 is 0 Å². The summed E-state index contributed by atoms with van der Waals surface area (Å²) < 4.78 is 6.95. The van der Waals surface area contributed by atoms with Gasteiger partial charge < -0.3 is 14.5 Å².